The highest BCUT2D eigenvalue weighted by Crippen LogP contribution is 2.32. The van der Waals surface area contributed by atoms with E-state index in [1.807, 2.05) is 24.3 Å². The van der Waals surface area contributed by atoms with E-state index in [1.54, 1.807) is 0 Å². The minimum atomic E-state index is 0.0386. The molecule has 1 heterocycles. The van der Waals surface area contributed by atoms with Gasteiger partial charge in [-0.15, -0.1) is 0 Å². The van der Waals surface area contributed by atoms with Crippen LogP contribution in [0.4, 0.5) is 11.4 Å². The van der Waals surface area contributed by atoms with Crippen molar-refractivity contribution in [1.82, 2.24) is 5.32 Å². The van der Waals surface area contributed by atoms with E-state index in [9.17, 15) is 4.79 Å². The normalized spacial score (nSPS) is 15.1. The Morgan fingerprint density at radius 1 is 1.00 bits per heavy atom. The second-order valence-corrected chi connectivity index (χ2v) is 8.76. The van der Waals surface area contributed by atoms with Gasteiger partial charge < -0.3 is 15.5 Å². The molecule has 2 aromatic rings. The number of amides is 1. The molecule has 162 valence electrons. The van der Waals surface area contributed by atoms with E-state index in [0.29, 0.717) is 12.3 Å². The second-order valence-electron chi connectivity index (χ2n) is 8.76. The number of para-hydroxylation sites is 1. The van der Waals surface area contributed by atoms with E-state index in [2.05, 4.69) is 60.6 Å². The van der Waals surface area contributed by atoms with Crippen LogP contribution in [0.1, 0.15) is 63.6 Å². The topological polar surface area (TPSA) is 44.4 Å². The van der Waals surface area contributed by atoms with Crippen LogP contribution in [0.3, 0.4) is 0 Å². The van der Waals surface area contributed by atoms with Gasteiger partial charge in [0.25, 0.3) is 0 Å². The van der Waals surface area contributed by atoms with Crippen LogP contribution in [0.2, 0.25) is 0 Å². The fraction of sp³-hybridized carbons (Fsp3) is 0.500. The molecule has 1 atom stereocenters. The SMILES string of the molecule is CCNc1ccc(CC(=O)NC(CC(C)C)c2ccccc2N2CCCCC2)cc1. The standard InChI is InChI=1S/C26H37N3O/c1-4-27-22-14-12-21(13-15-22)19-26(30)28-24(18-20(2)3)23-10-6-7-11-25(23)29-16-8-5-9-17-29/h6-7,10-15,20,24,27H,4-5,8-9,16-19H2,1-3H3,(H,28,30). The number of carbonyl (C=O) groups excluding carboxylic acids is 1. The first kappa shape index (κ1) is 22.2. The summed E-state index contributed by atoms with van der Waals surface area (Å²) in [5, 5.41) is 6.65. The number of anilines is 2. The Kier molecular flexibility index (Phi) is 8.18. The molecule has 1 amide bonds. The minimum absolute atomic E-state index is 0.0386. The molecular formula is C26H37N3O. The number of piperidine rings is 1. The van der Waals surface area contributed by atoms with Crippen molar-refractivity contribution in [3.05, 3.63) is 59.7 Å². The van der Waals surface area contributed by atoms with Crippen molar-refractivity contribution in [2.24, 2.45) is 5.92 Å². The van der Waals surface area contributed by atoms with Crippen molar-refractivity contribution < 1.29 is 4.79 Å². The Bertz CT molecular complexity index is 794. The lowest BCUT2D eigenvalue weighted by molar-refractivity contribution is -0.121. The summed E-state index contributed by atoms with van der Waals surface area (Å²) < 4.78 is 0. The number of rotatable bonds is 9. The predicted molar refractivity (Wildman–Crippen MR) is 127 cm³/mol. The third kappa shape index (κ3) is 6.25. The average molecular weight is 408 g/mol. The van der Waals surface area contributed by atoms with Gasteiger partial charge in [0.05, 0.1) is 12.5 Å². The monoisotopic (exact) mass is 407 g/mol. The molecule has 1 fully saturated rings. The first-order valence-electron chi connectivity index (χ1n) is 11.5. The third-order valence-electron chi connectivity index (χ3n) is 5.75. The molecule has 0 bridgehead atoms. The van der Waals surface area contributed by atoms with Gasteiger partial charge in [0.2, 0.25) is 5.91 Å². The van der Waals surface area contributed by atoms with E-state index in [0.717, 1.165) is 37.3 Å². The average Bonchev–Trinajstić information content (AvgIpc) is 2.75. The largest absolute Gasteiger partial charge is 0.385 e. The summed E-state index contributed by atoms with van der Waals surface area (Å²) in [5.41, 5.74) is 4.68. The molecule has 1 saturated heterocycles. The van der Waals surface area contributed by atoms with Crippen LogP contribution in [-0.4, -0.2) is 25.5 Å². The molecule has 1 aliphatic heterocycles. The molecule has 0 aromatic heterocycles. The smallest absolute Gasteiger partial charge is 0.224 e. The van der Waals surface area contributed by atoms with E-state index < -0.39 is 0 Å². The van der Waals surface area contributed by atoms with Crippen molar-refractivity contribution in [1.29, 1.82) is 0 Å². The Hall–Kier alpha value is -2.49. The maximum Gasteiger partial charge on any atom is 0.224 e. The molecule has 0 radical (unpaired) electrons. The van der Waals surface area contributed by atoms with Crippen molar-refractivity contribution >= 4 is 17.3 Å². The number of hydrogen-bond donors (Lipinski definition) is 2. The van der Waals surface area contributed by atoms with Gasteiger partial charge in [-0.1, -0.05) is 44.2 Å². The van der Waals surface area contributed by atoms with Crippen LogP contribution in [-0.2, 0) is 11.2 Å². The first-order chi connectivity index (χ1) is 14.6. The van der Waals surface area contributed by atoms with Crippen LogP contribution < -0.4 is 15.5 Å². The summed E-state index contributed by atoms with van der Waals surface area (Å²) >= 11 is 0. The van der Waals surface area contributed by atoms with Crippen LogP contribution in [0.15, 0.2) is 48.5 Å². The van der Waals surface area contributed by atoms with Crippen molar-refractivity contribution in [2.75, 3.05) is 29.9 Å². The van der Waals surface area contributed by atoms with Gasteiger partial charge in [0.1, 0.15) is 0 Å². The Morgan fingerprint density at radius 3 is 2.37 bits per heavy atom. The van der Waals surface area contributed by atoms with Gasteiger partial charge in [0, 0.05) is 31.0 Å². The number of carbonyl (C=O) groups is 1. The Labute approximate surface area is 182 Å². The predicted octanol–water partition coefficient (Wildman–Crippen LogP) is 5.55. The van der Waals surface area contributed by atoms with Crippen molar-refractivity contribution in [3.8, 4) is 0 Å². The summed E-state index contributed by atoms with van der Waals surface area (Å²) in [6, 6.07) is 16.8. The summed E-state index contributed by atoms with van der Waals surface area (Å²) in [6.07, 6.45) is 5.16. The molecule has 0 spiro atoms. The number of benzene rings is 2. The fourth-order valence-corrected chi connectivity index (χ4v) is 4.32. The molecule has 2 N–H and O–H groups in total. The summed E-state index contributed by atoms with van der Waals surface area (Å²) in [6.45, 7) is 9.64. The van der Waals surface area contributed by atoms with Gasteiger partial charge in [-0.3, -0.25) is 4.79 Å². The highest BCUT2D eigenvalue weighted by atomic mass is 16.1. The van der Waals surface area contributed by atoms with Gasteiger partial charge in [0.15, 0.2) is 0 Å². The van der Waals surface area contributed by atoms with Gasteiger partial charge in [-0.25, -0.2) is 0 Å². The zero-order valence-electron chi connectivity index (χ0n) is 18.8. The quantitative estimate of drug-likeness (QED) is 0.572. The van der Waals surface area contributed by atoms with Crippen molar-refractivity contribution in [3.63, 3.8) is 0 Å². The molecule has 30 heavy (non-hydrogen) atoms. The zero-order valence-corrected chi connectivity index (χ0v) is 18.8. The van der Waals surface area contributed by atoms with Crippen molar-refractivity contribution in [2.45, 2.75) is 58.9 Å². The molecule has 0 aliphatic carbocycles. The molecule has 4 heteroatoms. The summed E-state index contributed by atoms with van der Waals surface area (Å²) in [4.78, 5) is 15.4. The van der Waals surface area contributed by atoms with Crippen LogP contribution >= 0.6 is 0 Å². The molecule has 0 saturated carbocycles. The highest BCUT2D eigenvalue weighted by Gasteiger charge is 2.22. The maximum absolute atomic E-state index is 12.9. The van der Waals surface area contributed by atoms with Crippen LogP contribution in [0.5, 0.6) is 0 Å². The highest BCUT2D eigenvalue weighted by molar-refractivity contribution is 5.79. The zero-order chi connectivity index (χ0) is 21.3. The lowest BCUT2D eigenvalue weighted by atomic mass is 9.94. The molecule has 3 rings (SSSR count). The van der Waals surface area contributed by atoms with Crippen LogP contribution in [0.25, 0.3) is 0 Å². The first-order valence-corrected chi connectivity index (χ1v) is 11.5. The Balaban J connectivity index is 1.74. The molecule has 2 aromatic carbocycles. The molecular weight excluding hydrogens is 370 g/mol. The van der Waals surface area contributed by atoms with Crippen LogP contribution in [0, 0.1) is 5.92 Å². The maximum atomic E-state index is 12.9. The lowest BCUT2D eigenvalue weighted by Crippen LogP contribution is -2.34. The van der Waals surface area contributed by atoms with Gasteiger partial charge in [-0.2, -0.15) is 0 Å². The number of hydrogen-bond acceptors (Lipinski definition) is 3. The van der Waals surface area contributed by atoms with E-state index in [1.165, 1.54) is 30.5 Å². The third-order valence-corrected chi connectivity index (χ3v) is 5.75. The Morgan fingerprint density at radius 2 is 1.70 bits per heavy atom. The molecule has 1 unspecified atom stereocenters. The number of nitrogens with zero attached hydrogens (tertiary/aromatic N) is 1. The number of nitrogens with one attached hydrogen (secondary N) is 2. The van der Waals surface area contributed by atoms with Gasteiger partial charge in [-0.05, 0) is 67.9 Å². The van der Waals surface area contributed by atoms with E-state index in [-0.39, 0.29) is 11.9 Å². The van der Waals surface area contributed by atoms with E-state index in [4.69, 9.17) is 0 Å². The lowest BCUT2D eigenvalue weighted by Gasteiger charge is -2.33. The molecule has 1 aliphatic rings. The second kappa shape index (κ2) is 11.1. The fourth-order valence-electron chi connectivity index (χ4n) is 4.32. The minimum Gasteiger partial charge on any atom is -0.385 e. The summed E-state index contributed by atoms with van der Waals surface area (Å²) in [5.74, 6) is 0.592. The van der Waals surface area contributed by atoms with Gasteiger partial charge >= 0.3 is 0 Å². The van der Waals surface area contributed by atoms with E-state index >= 15 is 0 Å². The molecule has 4 nitrogen and oxygen atoms in total. The summed E-state index contributed by atoms with van der Waals surface area (Å²) in [7, 11) is 0.